The summed E-state index contributed by atoms with van der Waals surface area (Å²) in [5.74, 6) is -0.617. The van der Waals surface area contributed by atoms with E-state index < -0.39 is 20.2 Å². The summed E-state index contributed by atoms with van der Waals surface area (Å²) in [7, 11) is -1.64. The maximum Gasteiger partial charge on any atom is 0.192 e. The molecule has 0 unspecified atom stereocenters. The standard InChI is InChI=1S/C28H54O4Si/c1-10-15-16-18-24-21-27(31-28(8,9)30-24)23(7)26(29)20-22(6)19-25(17-11-2)32-33(12-3,13-4)14-5/h10,20,23-27,29H,1,11-19,21H2,2-9H3/b22-20+/t23-,24-,25-,26-,27+/m1/s1. The van der Waals surface area contributed by atoms with Crippen LogP contribution in [-0.4, -0.2) is 43.6 Å². The van der Waals surface area contributed by atoms with Gasteiger partial charge in [-0.25, -0.2) is 0 Å². The molecule has 4 nitrogen and oxygen atoms in total. The maximum absolute atomic E-state index is 11.1. The Labute approximate surface area is 206 Å². The van der Waals surface area contributed by atoms with Gasteiger partial charge >= 0.3 is 0 Å². The first kappa shape index (κ1) is 30.6. The van der Waals surface area contributed by atoms with Crippen molar-refractivity contribution in [3.05, 3.63) is 24.3 Å². The summed E-state index contributed by atoms with van der Waals surface area (Å²) in [5.41, 5.74) is 1.22. The topological polar surface area (TPSA) is 47.9 Å². The molecule has 0 aromatic heterocycles. The van der Waals surface area contributed by atoms with Crippen molar-refractivity contribution < 1.29 is 19.0 Å². The van der Waals surface area contributed by atoms with E-state index in [-0.39, 0.29) is 24.2 Å². The van der Waals surface area contributed by atoms with Crippen molar-refractivity contribution in [2.45, 2.75) is 149 Å². The van der Waals surface area contributed by atoms with Gasteiger partial charge in [-0.15, -0.1) is 6.58 Å². The Morgan fingerprint density at radius 1 is 1.18 bits per heavy atom. The second kappa shape index (κ2) is 14.8. The zero-order valence-electron chi connectivity index (χ0n) is 23.0. The molecule has 1 aliphatic heterocycles. The van der Waals surface area contributed by atoms with Gasteiger partial charge in [0.25, 0.3) is 0 Å². The fourth-order valence-corrected chi connectivity index (χ4v) is 8.01. The number of hydrogen-bond donors (Lipinski definition) is 1. The van der Waals surface area contributed by atoms with Crippen LogP contribution in [-0.2, 0) is 13.9 Å². The molecule has 5 heteroatoms. The van der Waals surface area contributed by atoms with Gasteiger partial charge < -0.3 is 19.0 Å². The molecule has 1 rings (SSSR count). The van der Waals surface area contributed by atoms with Gasteiger partial charge in [0.05, 0.1) is 18.3 Å². The van der Waals surface area contributed by atoms with E-state index in [9.17, 15) is 5.11 Å². The van der Waals surface area contributed by atoms with Gasteiger partial charge in [0.1, 0.15) is 0 Å². The number of rotatable bonds is 16. The van der Waals surface area contributed by atoms with Crippen LogP contribution in [0.15, 0.2) is 24.3 Å². The van der Waals surface area contributed by atoms with Crippen LogP contribution in [0.1, 0.15) is 100 Å². The summed E-state index contributed by atoms with van der Waals surface area (Å²) in [6.07, 6.45) is 10.9. The van der Waals surface area contributed by atoms with Crippen LogP contribution in [0.4, 0.5) is 0 Å². The lowest BCUT2D eigenvalue weighted by Crippen LogP contribution is -2.48. The number of hydrogen-bond acceptors (Lipinski definition) is 4. The van der Waals surface area contributed by atoms with E-state index in [4.69, 9.17) is 13.9 Å². The summed E-state index contributed by atoms with van der Waals surface area (Å²) in [6.45, 7) is 21.1. The van der Waals surface area contributed by atoms with E-state index in [1.54, 1.807) is 0 Å². The van der Waals surface area contributed by atoms with Gasteiger partial charge in [0, 0.05) is 18.4 Å². The van der Waals surface area contributed by atoms with Gasteiger partial charge in [-0.05, 0) is 71.0 Å². The Balaban J connectivity index is 2.82. The summed E-state index contributed by atoms with van der Waals surface area (Å²) >= 11 is 0. The van der Waals surface area contributed by atoms with Crippen molar-refractivity contribution in [3.63, 3.8) is 0 Å². The molecule has 1 heterocycles. The van der Waals surface area contributed by atoms with Crippen molar-refractivity contribution in [3.8, 4) is 0 Å². The molecule has 0 aromatic carbocycles. The molecule has 0 bridgehead atoms. The average molecular weight is 483 g/mol. The first-order valence-electron chi connectivity index (χ1n) is 13.5. The number of unbranched alkanes of at least 4 members (excludes halogenated alkanes) is 1. The maximum atomic E-state index is 11.1. The Morgan fingerprint density at radius 3 is 2.36 bits per heavy atom. The number of ether oxygens (including phenoxy) is 2. The molecule has 5 atom stereocenters. The molecular formula is C28H54O4Si. The van der Waals surface area contributed by atoms with E-state index in [2.05, 4.69) is 48.1 Å². The summed E-state index contributed by atoms with van der Waals surface area (Å²) in [6, 6.07) is 3.52. The lowest BCUT2D eigenvalue weighted by molar-refractivity contribution is -0.310. The summed E-state index contributed by atoms with van der Waals surface area (Å²) in [5, 5.41) is 11.1. The van der Waals surface area contributed by atoms with Crippen LogP contribution in [0.5, 0.6) is 0 Å². The molecule has 1 N–H and O–H groups in total. The molecule has 194 valence electrons. The Morgan fingerprint density at radius 2 is 1.82 bits per heavy atom. The SMILES string of the molecule is C=CCCC[C@@H]1C[C@@H]([C@H](C)[C@H](O)/C=C(\C)C[C@@H](CCC)O[Si](CC)(CC)CC)OC(C)(C)O1. The lowest BCUT2D eigenvalue weighted by Gasteiger charge is -2.43. The van der Waals surface area contributed by atoms with E-state index in [0.717, 1.165) is 44.9 Å². The zero-order valence-corrected chi connectivity index (χ0v) is 24.0. The van der Waals surface area contributed by atoms with E-state index in [1.807, 2.05) is 26.0 Å². The van der Waals surface area contributed by atoms with Gasteiger partial charge in [0.15, 0.2) is 14.1 Å². The zero-order chi connectivity index (χ0) is 25.1. The van der Waals surface area contributed by atoms with Crippen LogP contribution in [0.2, 0.25) is 18.1 Å². The van der Waals surface area contributed by atoms with Crippen LogP contribution < -0.4 is 0 Å². The first-order valence-corrected chi connectivity index (χ1v) is 16.1. The predicted octanol–water partition coefficient (Wildman–Crippen LogP) is 7.78. The van der Waals surface area contributed by atoms with Crippen molar-refractivity contribution in [2.24, 2.45) is 5.92 Å². The first-order chi connectivity index (χ1) is 15.5. The van der Waals surface area contributed by atoms with E-state index in [1.165, 1.54) is 23.7 Å². The van der Waals surface area contributed by atoms with Crippen LogP contribution >= 0.6 is 0 Å². The number of allylic oxidation sites excluding steroid dienone is 1. The third-order valence-corrected chi connectivity index (χ3v) is 12.1. The second-order valence-electron chi connectivity index (χ2n) is 10.6. The van der Waals surface area contributed by atoms with Crippen LogP contribution in [0.3, 0.4) is 0 Å². The molecule has 1 aliphatic rings. The third kappa shape index (κ3) is 10.4. The molecule has 0 amide bonds. The number of aliphatic hydroxyl groups excluding tert-OH is 1. The monoisotopic (exact) mass is 482 g/mol. The highest BCUT2D eigenvalue weighted by molar-refractivity contribution is 6.73. The normalized spacial score (nSPS) is 24.3. The molecule has 0 radical (unpaired) electrons. The Kier molecular flexibility index (Phi) is 13.7. The number of aliphatic hydroxyl groups is 1. The molecule has 1 fully saturated rings. The molecular weight excluding hydrogens is 428 g/mol. The Hall–Kier alpha value is -0.463. The molecule has 0 aliphatic carbocycles. The lowest BCUT2D eigenvalue weighted by atomic mass is 9.89. The third-order valence-electron chi connectivity index (χ3n) is 7.41. The smallest absolute Gasteiger partial charge is 0.192 e. The minimum Gasteiger partial charge on any atom is -0.414 e. The quantitative estimate of drug-likeness (QED) is 0.139. The molecule has 1 saturated heterocycles. The Bertz CT molecular complexity index is 576. The highest BCUT2D eigenvalue weighted by Gasteiger charge is 2.39. The average Bonchev–Trinajstić information content (AvgIpc) is 2.76. The van der Waals surface area contributed by atoms with Crippen LogP contribution in [0, 0.1) is 5.92 Å². The van der Waals surface area contributed by atoms with Gasteiger partial charge in [-0.1, -0.05) is 58.8 Å². The van der Waals surface area contributed by atoms with Crippen molar-refractivity contribution in [1.82, 2.24) is 0 Å². The highest BCUT2D eigenvalue weighted by Crippen LogP contribution is 2.34. The minimum atomic E-state index is -1.64. The molecule has 33 heavy (non-hydrogen) atoms. The summed E-state index contributed by atoms with van der Waals surface area (Å²) < 4.78 is 19.2. The van der Waals surface area contributed by atoms with Gasteiger partial charge in [-0.2, -0.15) is 0 Å². The van der Waals surface area contributed by atoms with Gasteiger partial charge in [0.2, 0.25) is 0 Å². The summed E-state index contributed by atoms with van der Waals surface area (Å²) in [4.78, 5) is 0. The van der Waals surface area contributed by atoms with E-state index >= 15 is 0 Å². The van der Waals surface area contributed by atoms with Crippen molar-refractivity contribution in [2.75, 3.05) is 0 Å². The van der Waals surface area contributed by atoms with Crippen molar-refractivity contribution >= 4 is 8.32 Å². The second-order valence-corrected chi connectivity index (χ2v) is 15.3. The predicted molar refractivity (Wildman–Crippen MR) is 143 cm³/mol. The largest absolute Gasteiger partial charge is 0.414 e. The highest BCUT2D eigenvalue weighted by atomic mass is 28.4. The van der Waals surface area contributed by atoms with E-state index in [0.29, 0.717) is 0 Å². The van der Waals surface area contributed by atoms with Crippen LogP contribution in [0.25, 0.3) is 0 Å². The molecule has 0 saturated carbocycles. The molecule has 0 aromatic rings. The fourth-order valence-electron chi connectivity index (χ4n) is 5.11. The van der Waals surface area contributed by atoms with Gasteiger partial charge in [-0.3, -0.25) is 0 Å². The molecule has 0 spiro atoms. The minimum absolute atomic E-state index is 0.00552. The fraction of sp³-hybridized carbons (Fsp3) is 0.857. The van der Waals surface area contributed by atoms with Crippen molar-refractivity contribution in [1.29, 1.82) is 0 Å².